The van der Waals surface area contributed by atoms with Crippen LogP contribution in [0, 0.1) is 0 Å². The van der Waals surface area contributed by atoms with Crippen molar-refractivity contribution >= 4 is 10.9 Å². The second kappa shape index (κ2) is 7.28. The molecule has 2 atom stereocenters. The molecule has 0 amide bonds. The standard InChI is InChI=1S/C24H26N4/c1-2-3-12-20-23-18(17-11-7-8-13-19(17)27-23)14-21(26-20)24-25-15-22(28-24)16-9-5-4-6-10-16/h4-11,13,15,20-21,26-27H,2-3,12,14H2,1H3,(H,25,28)/t20?,21-/m1/s1. The molecule has 4 nitrogen and oxygen atoms in total. The van der Waals surface area contributed by atoms with Gasteiger partial charge in [0.2, 0.25) is 0 Å². The first-order valence-corrected chi connectivity index (χ1v) is 10.3. The lowest BCUT2D eigenvalue weighted by atomic mass is 9.91. The molecule has 1 aliphatic heterocycles. The van der Waals surface area contributed by atoms with Crippen molar-refractivity contribution < 1.29 is 0 Å². The summed E-state index contributed by atoms with van der Waals surface area (Å²) in [4.78, 5) is 12.0. The van der Waals surface area contributed by atoms with Crippen molar-refractivity contribution in [1.82, 2.24) is 20.3 Å². The number of nitrogens with one attached hydrogen (secondary N) is 3. The minimum absolute atomic E-state index is 0.200. The topological polar surface area (TPSA) is 56.5 Å². The van der Waals surface area contributed by atoms with Gasteiger partial charge >= 0.3 is 0 Å². The van der Waals surface area contributed by atoms with E-state index in [1.165, 1.54) is 40.6 Å². The van der Waals surface area contributed by atoms with E-state index >= 15 is 0 Å². The summed E-state index contributed by atoms with van der Waals surface area (Å²) >= 11 is 0. The van der Waals surface area contributed by atoms with Crippen molar-refractivity contribution in [3.63, 3.8) is 0 Å². The minimum Gasteiger partial charge on any atom is -0.357 e. The second-order valence-electron chi connectivity index (χ2n) is 7.73. The molecular formula is C24H26N4. The molecule has 3 N–H and O–H groups in total. The lowest BCUT2D eigenvalue weighted by molar-refractivity contribution is 0.372. The van der Waals surface area contributed by atoms with Crippen LogP contribution in [-0.4, -0.2) is 15.0 Å². The number of nitrogens with zero attached hydrogens (tertiary/aromatic N) is 1. The first-order valence-electron chi connectivity index (χ1n) is 10.3. The van der Waals surface area contributed by atoms with Crippen LogP contribution >= 0.6 is 0 Å². The molecule has 0 spiro atoms. The van der Waals surface area contributed by atoms with Gasteiger partial charge in [-0.3, -0.25) is 5.32 Å². The smallest absolute Gasteiger partial charge is 0.124 e. The molecule has 1 aliphatic rings. The lowest BCUT2D eigenvalue weighted by Crippen LogP contribution is -2.34. The van der Waals surface area contributed by atoms with Crippen LogP contribution in [0.5, 0.6) is 0 Å². The SMILES string of the molecule is CCCCC1N[C@@H](c2ncc(-c3ccccc3)[nH]2)Cc2c1[nH]c1ccccc21. The minimum atomic E-state index is 0.200. The Hall–Kier alpha value is -2.85. The van der Waals surface area contributed by atoms with Crippen molar-refractivity contribution in [3.05, 3.63) is 77.9 Å². The summed E-state index contributed by atoms with van der Waals surface area (Å²) in [6, 6.07) is 19.6. The van der Waals surface area contributed by atoms with Crippen LogP contribution in [0.4, 0.5) is 0 Å². The molecule has 0 saturated heterocycles. The Labute approximate surface area is 165 Å². The Balaban J connectivity index is 1.51. The highest BCUT2D eigenvalue weighted by Crippen LogP contribution is 2.38. The molecule has 0 bridgehead atoms. The zero-order chi connectivity index (χ0) is 18.9. The van der Waals surface area contributed by atoms with E-state index < -0.39 is 0 Å². The molecule has 1 unspecified atom stereocenters. The maximum Gasteiger partial charge on any atom is 0.124 e. The molecule has 0 saturated carbocycles. The molecule has 2 aromatic heterocycles. The Morgan fingerprint density at radius 1 is 1.00 bits per heavy atom. The highest BCUT2D eigenvalue weighted by Gasteiger charge is 2.31. The summed E-state index contributed by atoms with van der Waals surface area (Å²) in [5, 5.41) is 5.21. The van der Waals surface area contributed by atoms with Crippen LogP contribution in [0.3, 0.4) is 0 Å². The Bertz CT molecular complexity index is 1080. The number of unbranched alkanes of at least 4 members (excludes halogenated alkanes) is 1. The van der Waals surface area contributed by atoms with Crippen LogP contribution in [-0.2, 0) is 6.42 Å². The summed E-state index contributed by atoms with van der Waals surface area (Å²) in [7, 11) is 0. The van der Waals surface area contributed by atoms with Crippen molar-refractivity contribution in [2.45, 2.75) is 44.7 Å². The summed E-state index contributed by atoms with van der Waals surface area (Å²) in [6.45, 7) is 2.26. The van der Waals surface area contributed by atoms with Crippen molar-refractivity contribution in [2.75, 3.05) is 0 Å². The molecule has 0 fully saturated rings. The number of aromatic amines is 2. The average Bonchev–Trinajstić information content (AvgIpc) is 3.38. The summed E-state index contributed by atoms with van der Waals surface area (Å²) in [5.74, 6) is 1.02. The second-order valence-corrected chi connectivity index (χ2v) is 7.73. The predicted molar refractivity (Wildman–Crippen MR) is 114 cm³/mol. The highest BCUT2D eigenvalue weighted by molar-refractivity contribution is 5.85. The van der Waals surface area contributed by atoms with Crippen LogP contribution in [0.25, 0.3) is 22.2 Å². The molecule has 4 aromatic rings. The number of hydrogen-bond donors (Lipinski definition) is 3. The number of fused-ring (bicyclic) bond motifs is 3. The van der Waals surface area contributed by atoms with E-state index in [1.807, 2.05) is 12.3 Å². The molecule has 3 heterocycles. The van der Waals surface area contributed by atoms with E-state index in [0.29, 0.717) is 6.04 Å². The fraction of sp³-hybridized carbons (Fsp3) is 0.292. The number of hydrogen-bond acceptors (Lipinski definition) is 2. The molecule has 142 valence electrons. The van der Waals surface area contributed by atoms with Gasteiger partial charge in [0.15, 0.2) is 0 Å². The van der Waals surface area contributed by atoms with E-state index in [1.54, 1.807) is 0 Å². The van der Waals surface area contributed by atoms with E-state index in [2.05, 4.69) is 70.7 Å². The third-order valence-electron chi connectivity index (χ3n) is 5.86. The molecule has 0 aliphatic carbocycles. The number of H-pyrrole nitrogens is 2. The summed E-state index contributed by atoms with van der Waals surface area (Å²) in [6.07, 6.45) is 6.46. The summed E-state index contributed by atoms with van der Waals surface area (Å²) in [5.41, 5.74) is 6.29. The fourth-order valence-corrected chi connectivity index (χ4v) is 4.42. The number of imidazole rings is 1. The predicted octanol–water partition coefficient (Wildman–Crippen LogP) is 5.68. The molecule has 4 heteroatoms. The highest BCUT2D eigenvalue weighted by atomic mass is 15.1. The van der Waals surface area contributed by atoms with E-state index in [0.717, 1.165) is 24.4 Å². The zero-order valence-corrected chi connectivity index (χ0v) is 16.2. The zero-order valence-electron chi connectivity index (χ0n) is 16.2. The first-order chi connectivity index (χ1) is 13.8. The Morgan fingerprint density at radius 3 is 2.68 bits per heavy atom. The summed E-state index contributed by atoms with van der Waals surface area (Å²) < 4.78 is 0. The van der Waals surface area contributed by atoms with E-state index in [9.17, 15) is 0 Å². The number of para-hydroxylation sites is 1. The van der Waals surface area contributed by atoms with Crippen LogP contribution in [0.15, 0.2) is 60.8 Å². The Kier molecular flexibility index (Phi) is 4.49. The van der Waals surface area contributed by atoms with Gasteiger partial charge < -0.3 is 9.97 Å². The normalized spacial score (nSPS) is 19.0. The van der Waals surface area contributed by atoms with Gasteiger partial charge in [0.25, 0.3) is 0 Å². The van der Waals surface area contributed by atoms with Crippen molar-refractivity contribution in [2.24, 2.45) is 0 Å². The maximum absolute atomic E-state index is 4.74. The van der Waals surface area contributed by atoms with Gasteiger partial charge in [-0.05, 0) is 30.0 Å². The third-order valence-corrected chi connectivity index (χ3v) is 5.86. The molecular weight excluding hydrogens is 344 g/mol. The maximum atomic E-state index is 4.74. The van der Waals surface area contributed by atoms with Gasteiger partial charge in [0.1, 0.15) is 5.82 Å². The van der Waals surface area contributed by atoms with Crippen LogP contribution < -0.4 is 5.32 Å². The quantitative estimate of drug-likeness (QED) is 0.423. The van der Waals surface area contributed by atoms with Gasteiger partial charge in [0.05, 0.1) is 17.9 Å². The van der Waals surface area contributed by atoms with Crippen LogP contribution in [0.1, 0.15) is 55.4 Å². The average molecular weight is 371 g/mol. The number of benzene rings is 2. The lowest BCUT2D eigenvalue weighted by Gasteiger charge is -2.30. The van der Waals surface area contributed by atoms with Gasteiger partial charge in [-0.2, -0.15) is 0 Å². The third kappa shape index (κ3) is 3.04. The van der Waals surface area contributed by atoms with E-state index in [-0.39, 0.29) is 6.04 Å². The van der Waals surface area contributed by atoms with Gasteiger partial charge in [-0.25, -0.2) is 4.98 Å². The molecule has 2 aromatic carbocycles. The fourth-order valence-electron chi connectivity index (χ4n) is 4.42. The van der Waals surface area contributed by atoms with Gasteiger partial charge in [0, 0.05) is 22.6 Å². The van der Waals surface area contributed by atoms with Crippen molar-refractivity contribution in [1.29, 1.82) is 0 Å². The van der Waals surface area contributed by atoms with Crippen molar-refractivity contribution in [3.8, 4) is 11.3 Å². The Morgan fingerprint density at radius 2 is 1.82 bits per heavy atom. The number of rotatable bonds is 5. The first kappa shape index (κ1) is 17.3. The molecule has 28 heavy (non-hydrogen) atoms. The van der Waals surface area contributed by atoms with E-state index in [4.69, 9.17) is 4.98 Å². The number of aromatic nitrogens is 3. The monoisotopic (exact) mass is 370 g/mol. The largest absolute Gasteiger partial charge is 0.357 e. The van der Waals surface area contributed by atoms with Gasteiger partial charge in [-0.15, -0.1) is 0 Å². The van der Waals surface area contributed by atoms with Crippen LogP contribution in [0.2, 0.25) is 0 Å². The van der Waals surface area contributed by atoms with Gasteiger partial charge in [-0.1, -0.05) is 68.3 Å². The molecule has 0 radical (unpaired) electrons. The molecule has 5 rings (SSSR count).